The van der Waals surface area contributed by atoms with Gasteiger partial charge < -0.3 is 15.4 Å². The summed E-state index contributed by atoms with van der Waals surface area (Å²) < 4.78 is 33.7. The van der Waals surface area contributed by atoms with Crippen LogP contribution in [0, 0.1) is 31.4 Å². The molecular formula is C18H22F2N4O3. The lowest BCUT2D eigenvalue weighted by Gasteiger charge is -2.15. The van der Waals surface area contributed by atoms with Gasteiger partial charge >= 0.3 is 12.0 Å². The highest BCUT2D eigenvalue weighted by atomic mass is 19.1. The van der Waals surface area contributed by atoms with Crippen molar-refractivity contribution in [2.45, 2.75) is 27.3 Å². The van der Waals surface area contributed by atoms with Gasteiger partial charge in [0, 0.05) is 24.8 Å². The van der Waals surface area contributed by atoms with E-state index in [0.29, 0.717) is 19.2 Å². The number of carbonyl (C=O) groups excluding carboxylic acids is 2. The molecule has 0 aliphatic carbocycles. The molecule has 1 heterocycles. The van der Waals surface area contributed by atoms with E-state index in [1.807, 2.05) is 31.5 Å². The molecule has 0 radical (unpaired) electrons. The molecule has 9 heteroatoms. The lowest BCUT2D eigenvalue weighted by Crippen LogP contribution is -2.34. The van der Waals surface area contributed by atoms with Crippen molar-refractivity contribution in [1.82, 2.24) is 15.1 Å². The third kappa shape index (κ3) is 5.25. The van der Waals surface area contributed by atoms with Gasteiger partial charge in [0.05, 0.1) is 24.1 Å². The number of hydrogen-bond acceptors (Lipinski definition) is 4. The van der Waals surface area contributed by atoms with Gasteiger partial charge in [0.1, 0.15) is 11.6 Å². The van der Waals surface area contributed by atoms with E-state index in [2.05, 4.69) is 20.5 Å². The van der Waals surface area contributed by atoms with Crippen molar-refractivity contribution in [2.24, 2.45) is 5.92 Å². The summed E-state index contributed by atoms with van der Waals surface area (Å²) in [5.74, 6) is -2.96. The normalized spacial score (nSPS) is 11.8. The van der Waals surface area contributed by atoms with E-state index in [-0.39, 0.29) is 11.6 Å². The predicted octanol–water partition coefficient (Wildman–Crippen LogP) is 3.02. The molecule has 0 bridgehead atoms. The van der Waals surface area contributed by atoms with Crippen LogP contribution in [0.1, 0.15) is 28.7 Å². The molecule has 0 spiro atoms. The fourth-order valence-corrected chi connectivity index (χ4v) is 2.56. The minimum atomic E-state index is -1.07. The largest absolute Gasteiger partial charge is 0.465 e. The predicted molar refractivity (Wildman–Crippen MR) is 95.6 cm³/mol. The Balaban J connectivity index is 1.95. The zero-order valence-corrected chi connectivity index (χ0v) is 15.6. The summed E-state index contributed by atoms with van der Waals surface area (Å²) in [6.45, 7) is 6.71. The van der Waals surface area contributed by atoms with Gasteiger partial charge in [-0.05, 0) is 31.9 Å². The number of carbonyl (C=O) groups is 2. The first kappa shape index (κ1) is 20.3. The average molecular weight is 380 g/mol. The minimum absolute atomic E-state index is 0.0671. The summed E-state index contributed by atoms with van der Waals surface area (Å²) in [7, 11) is 1.08. The molecule has 146 valence electrons. The van der Waals surface area contributed by atoms with Crippen LogP contribution in [0.4, 0.5) is 19.3 Å². The van der Waals surface area contributed by atoms with E-state index < -0.39 is 29.2 Å². The molecule has 2 aromatic rings. The maximum atomic E-state index is 13.8. The Kier molecular flexibility index (Phi) is 6.49. The van der Waals surface area contributed by atoms with E-state index in [4.69, 9.17) is 0 Å². The molecule has 0 saturated heterocycles. The molecule has 0 saturated carbocycles. The molecule has 0 aliphatic rings. The van der Waals surface area contributed by atoms with Crippen molar-refractivity contribution in [2.75, 3.05) is 19.0 Å². The van der Waals surface area contributed by atoms with Gasteiger partial charge in [-0.25, -0.2) is 18.4 Å². The summed E-state index contributed by atoms with van der Waals surface area (Å²) in [5, 5.41) is 9.24. The highest BCUT2D eigenvalue weighted by molar-refractivity contribution is 5.94. The summed E-state index contributed by atoms with van der Waals surface area (Å²) in [4.78, 5) is 23.5. The number of methoxy groups -OCH3 is 1. The number of hydrogen-bond donors (Lipinski definition) is 2. The summed E-state index contributed by atoms with van der Waals surface area (Å²) in [6.07, 6.45) is 0. The van der Waals surface area contributed by atoms with Crippen molar-refractivity contribution in [3.63, 3.8) is 0 Å². The monoisotopic (exact) mass is 380 g/mol. The number of benzene rings is 1. The Morgan fingerprint density at radius 3 is 2.52 bits per heavy atom. The van der Waals surface area contributed by atoms with Gasteiger partial charge in [-0.15, -0.1) is 0 Å². The lowest BCUT2D eigenvalue weighted by atomic mass is 10.1. The Hall–Kier alpha value is -2.97. The maximum Gasteiger partial charge on any atom is 0.340 e. The Labute approximate surface area is 155 Å². The third-order valence-electron chi connectivity index (χ3n) is 3.91. The molecule has 0 fully saturated rings. The fraction of sp³-hybridized carbons (Fsp3) is 0.389. The first-order valence-electron chi connectivity index (χ1n) is 8.34. The number of rotatable bonds is 6. The van der Waals surface area contributed by atoms with E-state index in [1.54, 1.807) is 0 Å². The number of amides is 2. The number of urea groups is 1. The SMILES string of the molecule is COC(=O)c1cc(NC(=O)NCC(C)Cn2nc(C)cc2C)c(F)cc1F. The zero-order chi connectivity index (χ0) is 20.1. The van der Waals surface area contributed by atoms with Crippen LogP contribution in [0.5, 0.6) is 0 Å². The molecule has 2 amide bonds. The second kappa shape index (κ2) is 8.61. The second-order valence-electron chi connectivity index (χ2n) is 6.35. The second-order valence-corrected chi connectivity index (χ2v) is 6.35. The Morgan fingerprint density at radius 1 is 1.22 bits per heavy atom. The first-order valence-corrected chi connectivity index (χ1v) is 8.34. The molecule has 1 aromatic carbocycles. The topological polar surface area (TPSA) is 85.2 Å². The minimum Gasteiger partial charge on any atom is -0.465 e. The van der Waals surface area contributed by atoms with Gasteiger partial charge in [-0.2, -0.15) is 5.10 Å². The van der Waals surface area contributed by atoms with Crippen LogP contribution in [0.25, 0.3) is 0 Å². The molecule has 27 heavy (non-hydrogen) atoms. The van der Waals surface area contributed by atoms with Crippen molar-refractivity contribution in [1.29, 1.82) is 0 Å². The molecule has 0 aliphatic heterocycles. The summed E-state index contributed by atoms with van der Waals surface area (Å²) >= 11 is 0. The smallest absolute Gasteiger partial charge is 0.340 e. The standard InChI is InChI=1S/C18H22F2N4O3/c1-10(9-24-12(3)5-11(2)23-24)8-21-18(26)22-16-6-13(17(25)27-4)14(19)7-15(16)20/h5-7,10H,8-9H2,1-4H3,(H2,21,22,26). The molecule has 2 rings (SSSR count). The van der Waals surface area contributed by atoms with Crippen LogP contribution in [-0.4, -0.2) is 35.4 Å². The number of halogens is 2. The molecule has 1 atom stereocenters. The number of ether oxygens (including phenoxy) is 1. The Morgan fingerprint density at radius 2 is 1.93 bits per heavy atom. The lowest BCUT2D eigenvalue weighted by molar-refractivity contribution is 0.0595. The third-order valence-corrected chi connectivity index (χ3v) is 3.91. The van der Waals surface area contributed by atoms with Crippen molar-refractivity contribution in [3.8, 4) is 0 Å². The number of nitrogens with one attached hydrogen (secondary N) is 2. The van der Waals surface area contributed by atoms with Crippen LogP contribution in [0.3, 0.4) is 0 Å². The number of nitrogens with zero attached hydrogens (tertiary/aromatic N) is 2. The van der Waals surface area contributed by atoms with Crippen LogP contribution in [0.15, 0.2) is 18.2 Å². The molecule has 2 N–H and O–H groups in total. The first-order chi connectivity index (χ1) is 12.7. The number of anilines is 1. The molecule has 1 unspecified atom stereocenters. The zero-order valence-electron chi connectivity index (χ0n) is 15.6. The molecule has 1 aromatic heterocycles. The van der Waals surface area contributed by atoms with Gasteiger partial charge in [-0.3, -0.25) is 4.68 Å². The highest BCUT2D eigenvalue weighted by Crippen LogP contribution is 2.20. The highest BCUT2D eigenvalue weighted by Gasteiger charge is 2.18. The quantitative estimate of drug-likeness (QED) is 0.755. The van der Waals surface area contributed by atoms with Crippen molar-refractivity contribution in [3.05, 3.63) is 46.8 Å². The van der Waals surface area contributed by atoms with Crippen LogP contribution >= 0.6 is 0 Å². The van der Waals surface area contributed by atoms with E-state index in [9.17, 15) is 18.4 Å². The van der Waals surface area contributed by atoms with Gasteiger partial charge in [-0.1, -0.05) is 6.92 Å². The van der Waals surface area contributed by atoms with Crippen LogP contribution in [-0.2, 0) is 11.3 Å². The van der Waals surface area contributed by atoms with E-state index in [1.165, 1.54) is 0 Å². The fourth-order valence-electron chi connectivity index (χ4n) is 2.56. The van der Waals surface area contributed by atoms with Gasteiger partial charge in [0.25, 0.3) is 0 Å². The summed E-state index contributed by atoms with van der Waals surface area (Å²) in [5.41, 5.74) is 1.15. The van der Waals surface area contributed by atoms with Crippen LogP contribution in [0.2, 0.25) is 0 Å². The summed E-state index contributed by atoms with van der Waals surface area (Å²) in [6, 6.07) is 2.71. The molecule has 7 nitrogen and oxygen atoms in total. The van der Waals surface area contributed by atoms with Gasteiger partial charge in [0.2, 0.25) is 0 Å². The Bertz CT molecular complexity index is 851. The molecular weight excluding hydrogens is 358 g/mol. The van der Waals surface area contributed by atoms with E-state index >= 15 is 0 Å². The number of aryl methyl sites for hydroxylation is 2. The maximum absolute atomic E-state index is 13.8. The average Bonchev–Trinajstić information content (AvgIpc) is 2.92. The van der Waals surface area contributed by atoms with Gasteiger partial charge in [0.15, 0.2) is 0 Å². The van der Waals surface area contributed by atoms with Crippen molar-refractivity contribution < 1.29 is 23.1 Å². The number of aromatic nitrogens is 2. The van der Waals surface area contributed by atoms with Crippen molar-refractivity contribution >= 4 is 17.7 Å². The van der Waals surface area contributed by atoms with Crippen LogP contribution < -0.4 is 10.6 Å². The van der Waals surface area contributed by atoms with E-state index in [0.717, 1.165) is 24.6 Å². The number of esters is 1.